The molecule has 4 heteroatoms. The third-order valence-corrected chi connectivity index (χ3v) is 3.98. The summed E-state index contributed by atoms with van der Waals surface area (Å²) in [6, 6.07) is 8.18. The zero-order chi connectivity index (χ0) is 11.8. The van der Waals surface area contributed by atoms with Crippen LogP contribution in [0.1, 0.15) is 5.56 Å². The van der Waals surface area contributed by atoms with E-state index in [4.69, 9.17) is 0 Å². The first-order valence-electron chi connectivity index (χ1n) is 5.45. The number of fused-ring (bicyclic) bond motifs is 1. The van der Waals surface area contributed by atoms with Crippen molar-refractivity contribution in [2.75, 3.05) is 0 Å². The molecule has 1 aliphatic heterocycles. The van der Waals surface area contributed by atoms with E-state index >= 15 is 0 Å². The Balaban J connectivity index is 1.92. The van der Waals surface area contributed by atoms with Crippen molar-refractivity contribution in [1.29, 1.82) is 0 Å². The molecule has 86 valence electrons. The molecule has 0 bridgehead atoms. The molecule has 1 aliphatic rings. The van der Waals surface area contributed by atoms with Gasteiger partial charge in [0.2, 0.25) is 5.91 Å². The summed E-state index contributed by atoms with van der Waals surface area (Å²) in [5, 5.41) is 4.64. The molecular weight excluding hydrogens is 232 g/mol. The summed E-state index contributed by atoms with van der Waals surface area (Å²) >= 11 is 1.51. The first-order valence-corrected chi connectivity index (χ1v) is 6.33. The van der Waals surface area contributed by atoms with Crippen molar-refractivity contribution in [1.82, 2.24) is 10.3 Å². The lowest BCUT2D eigenvalue weighted by atomic mass is 10.0. The number of carbonyl (C=O) groups excluding carboxylic acids is 1. The fourth-order valence-corrected chi connectivity index (χ4v) is 3.07. The van der Waals surface area contributed by atoms with Gasteiger partial charge in [0.05, 0.1) is 10.3 Å². The zero-order valence-electron chi connectivity index (χ0n) is 9.19. The Morgan fingerprint density at radius 2 is 2.24 bits per heavy atom. The van der Waals surface area contributed by atoms with Crippen molar-refractivity contribution in [3.63, 3.8) is 0 Å². The number of amides is 1. The van der Waals surface area contributed by atoms with Gasteiger partial charge in [-0.3, -0.25) is 4.79 Å². The Morgan fingerprint density at radius 1 is 1.35 bits per heavy atom. The number of thioether (sulfide) groups is 1. The van der Waals surface area contributed by atoms with Gasteiger partial charge in [0, 0.05) is 17.1 Å². The molecule has 1 saturated heterocycles. The first-order chi connectivity index (χ1) is 8.24. The molecule has 1 atom stereocenters. The lowest BCUT2D eigenvalue weighted by molar-refractivity contribution is -0.119. The van der Waals surface area contributed by atoms with E-state index in [9.17, 15) is 4.79 Å². The normalized spacial score (nSPS) is 19.9. The Kier molecular flexibility index (Phi) is 2.44. The van der Waals surface area contributed by atoms with Crippen LogP contribution in [0.3, 0.4) is 0 Å². The topological polar surface area (TPSA) is 44.9 Å². The van der Waals surface area contributed by atoms with Gasteiger partial charge in [-0.2, -0.15) is 0 Å². The number of aromatic amines is 1. The van der Waals surface area contributed by atoms with Gasteiger partial charge < -0.3 is 10.3 Å². The Morgan fingerprint density at radius 3 is 3.00 bits per heavy atom. The van der Waals surface area contributed by atoms with Gasteiger partial charge in [-0.1, -0.05) is 30.5 Å². The summed E-state index contributed by atoms with van der Waals surface area (Å²) in [6.07, 6.45) is 2.67. The summed E-state index contributed by atoms with van der Waals surface area (Å²) in [6.45, 7) is 3.77. The molecule has 3 nitrogen and oxygen atoms in total. The maximum atomic E-state index is 11.7. The standard InChI is InChI=1S/C13H12N2OS/c1-8-15-13(16)12(17-8)7-9-3-2-4-11-10(9)5-6-14-11/h2-6,12,14H,1,7H2,(H,15,16). The lowest BCUT2D eigenvalue weighted by Crippen LogP contribution is -2.23. The number of aromatic nitrogens is 1. The van der Waals surface area contributed by atoms with E-state index in [1.54, 1.807) is 0 Å². The molecule has 1 aromatic carbocycles. The highest BCUT2D eigenvalue weighted by Gasteiger charge is 2.28. The van der Waals surface area contributed by atoms with E-state index in [1.807, 2.05) is 18.3 Å². The zero-order valence-corrected chi connectivity index (χ0v) is 10.0. The predicted octanol–water partition coefficient (Wildman–Crippen LogP) is 2.41. The van der Waals surface area contributed by atoms with Crippen LogP contribution in [0.5, 0.6) is 0 Å². The second-order valence-corrected chi connectivity index (χ2v) is 5.38. The van der Waals surface area contributed by atoms with Crippen molar-refractivity contribution in [3.05, 3.63) is 47.6 Å². The molecule has 3 rings (SSSR count). The van der Waals surface area contributed by atoms with Crippen LogP contribution >= 0.6 is 11.8 Å². The molecule has 2 aromatic rings. The molecule has 0 saturated carbocycles. The number of rotatable bonds is 2. The van der Waals surface area contributed by atoms with E-state index < -0.39 is 0 Å². The Bertz CT molecular complexity index is 602. The van der Waals surface area contributed by atoms with Crippen molar-refractivity contribution in [2.24, 2.45) is 0 Å². The van der Waals surface area contributed by atoms with Crippen molar-refractivity contribution < 1.29 is 4.79 Å². The van der Waals surface area contributed by atoms with E-state index in [0.29, 0.717) is 0 Å². The van der Waals surface area contributed by atoms with Gasteiger partial charge in [-0.05, 0) is 24.1 Å². The number of nitrogens with one attached hydrogen (secondary N) is 2. The maximum Gasteiger partial charge on any atom is 0.238 e. The fourth-order valence-electron chi connectivity index (χ4n) is 2.14. The van der Waals surface area contributed by atoms with Crippen LogP contribution in [-0.4, -0.2) is 16.1 Å². The highest BCUT2D eigenvalue weighted by molar-refractivity contribution is 8.04. The average molecular weight is 244 g/mol. The van der Waals surface area contributed by atoms with Crippen LogP contribution in [0.2, 0.25) is 0 Å². The summed E-state index contributed by atoms with van der Waals surface area (Å²) < 4.78 is 0. The second kappa shape index (κ2) is 3.96. The summed E-state index contributed by atoms with van der Waals surface area (Å²) in [7, 11) is 0. The third kappa shape index (κ3) is 1.85. The van der Waals surface area contributed by atoms with Crippen LogP contribution in [0.15, 0.2) is 42.1 Å². The monoisotopic (exact) mass is 244 g/mol. The average Bonchev–Trinajstić information content (AvgIpc) is 2.87. The number of H-pyrrole nitrogens is 1. The van der Waals surface area contributed by atoms with Gasteiger partial charge in [-0.15, -0.1) is 0 Å². The minimum absolute atomic E-state index is 0.0528. The van der Waals surface area contributed by atoms with Gasteiger partial charge >= 0.3 is 0 Å². The predicted molar refractivity (Wildman–Crippen MR) is 70.7 cm³/mol. The molecule has 0 radical (unpaired) electrons. The smallest absolute Gasteiger partial charge is 0.238 e. The second-order valence-electron chi connectivity index (χ2n) is 4.08. The van der Waals surface area contributed by atoms with Gasteiger partial charge in [0.15, 0.2) is 0 Å². The Hall–Kier alpha value is -1.68. The molecule has 17 heavy (non-hydrogen) atoms. The number of hydrogen-bond acceptors (Lipinski definition) is 2. The van der Waals surface area contributed by atoms with Crippen LogP contribution in [-0.2, 0) is 11.2 Å². The number of hydrogen-bond donors (Lipinski definition) is 2. The van der Waals surface area contributed by atoms with Crippen molar-refractivity contribution in [2.45, 2.75) is 11.7 Å². The maximum absolute atomic E-state index is 11.7. The number of carbonyl (C=O) groups is 1. The molecule has 0 spiro atoms. The third-order valence-electron chi connectivity index (χ3n) is 2.93. The van der Waals surface area contributed by atoms with Crippen molar-refractivity contribution >= 4 is 28.6 Å². The molecule has 2 N–H and O–H groups in total. The molecule has 1 amide bonds. The van der Waals surface area contributed by atoms with Crippen LogP contribution in [0, 0.1) is 0 Å². The highest BCUT2D eigenvalue weighted by atomic mass is 32.2. The highest BCUT2D eigenvalue weighted by Crippen LogP contribution is 2.30. The van der Waals surface area contributed by atoms with Gasteiger partial charge in [0.25, 0.3) is 0 Å². The number of benzene rings is 1. The van der Waals surface area contributed by atoms with Crippen LogP contribution in [0.4, 0.5) is 0 Å². The molecule has 0 aliphatic carbocycles. The minimum Gasteiger partial charge on any atom is -0.361 e. The first kappa shape index (κ1) is 10.5. The summed E-state index contributed by atoms with van der Waals surface area (Å²) in [4.78, 5) is 14.8. The van der Waals surface area contributed by atoms with E-state index in [-0.39, 0.29) is 11.2 Å². The molecule has 1 unspecified atom stereocenters. The minimum atomic E-state index is -0.0528. The van der Waals surface area contributed by atoms with Gasteiger partial charge in [-0.25, -0.2) is 0 Å². The van der Waals surface area contributed by atoms with E-state index in [2.05, 4.69) is 29.0 Å². The SMILES string of the molecule is C=C1NC(=O)C(Cc2cccc3[nH]ccc23)S1. The van der Waals surface area contributed by atoms with E-state index in [1.165, 1.54) is 22.7 Å². The molecule has 1 aromatic heterocycles. The molecule has 2 heterocycles. The van der Waals surface area contributed by atoms with E-state index in [0.717, 1.165) is 17.0 Å². The summed E-state index contributed by atoms with van der Waals surface area (Å²) in [5.74, 6) is 0.0625. The largest absolute Gasteiger partial charge is 0.361 e. The van der Waals surface area contributed by atoms with Crippen LogP contribution < -0.4 is 5.32 Å². The quantitative estimate of drug-likeness (QED) is 0.852. The van der Waals surface area contributed by atoms with Crippen LogP contribution in [0.25, 0.3) is 10.9 Å². The van der Waals surface area contributed by atoms with Crippen molar-refractivity contribution in [3.8, 4) is 0 Å². The summed E-state index contributed by atoms with van der Waals surface area (Å²) in [5.41, 5.74) is 2.32. The Labute approximate surface area is 103 Å². The van der Waals surface area contributed by atoms with Gasteiger partial charge in [0.1, 0.15) is 0 Å². The molecular formula is C13H12N2OS. The molecule has 1 fully saturated rings. The lowest BCUT2D eigenvalue weighted by Gasteiger charge is -2.07. The fraction of sp³-hybridized carbons (Fsp3) is 0.154.